The molecule has 1 unspecified atom stereocenters. The van der Waals surface area contributed by atoms with E-state index in [0.29, 0.717) is 31.1 Å². The average molecular weight is 362 g/mol. The summed E-state index contributed by atoms with van der Waals surface area (Å²) in [4.78, 5) is 32.4. The van der Waals surface area contributed by atoms with Crippen molar-refractivity contribution in [3.63, 3.8) is 0 Å². The van der Waals surface area contributed by atoms with E-state index >= 15 is 0 Å². The number of likely N-dealkylation sites (tertiary alicyclic amines) is 1. The molecule has 0 saturated carbocycles. The van der Waals surface area contributed by atoms with Crippen LogP contribution in [0.2, 0.25) is 0 Å². The third kappa shape index (κ3) is 3.34. The number of ether oxygens (including phenoxy) is 1. The predicted octanol–water partition coefficient (Wildman–Crippen LogP) is 1.60. The number of aromatic nitrogens is 1. The molecule has 0 spiro atoms. The van der Waals surface area contributed by atoms with E-state index in [-0.39, 0.29) is 30.3 Å². The van der Waals surface area contributed by atoms with Gasteiger partial charge in [-0.3, -0.25) is 9.59 Å². The summed E-state index contributed by atoms with van der Waals surface area (Å²) >= 11 is 0. The number of anilines is 1. The Morgan fingerprint density at radius 2 is 1.93 bits per heavy atom. The number of nitriles is 1. The fourth-order valence-corrected chi connectivity index (χ4v) is 3.41. The molecular weight excluding hydrogens is 344 g/mol. The fourth-order valence-electron chi connectivity index (χ4n) is 3.41. The van der Waals surface area contributed by atoms with Gasteiger partial charge < -0.3 is 14.5 Å². The number of hydrogen-bond donors (Lipinski definition) is 0. The van der Waals surface area contributed by atoms with Crippen LogP contribution < -0.4 is 9.64 Å². The number of para-hydroxylation sites is 1. The van der Waals surface area contributed by atoms with Crippen LogP contribution in [0.5, 0.6) is 5.88 Å². The van der Waals surface area contributed by atoms with Gasteiger partial charge in [0.25, 0.3) is 0 Å². The van der Waals surface area contributed by atoms with Crippen molar-refractivity contribution in [3.05, 3.63) is 54.2 Å². The molecule has 2 aliphatic rings. The molecule has 0 N–H and O–H groups in total. The molecule has 2 aromatic rings. The summed E-state index contributed by atoms with van der Waals surface area (Å²) in [5, 5.41) is 9.08. The molecule has 2 saturated heterocycles. The first kappa shape index (κ1) is 17.0. The van der Waals surface area contributed by atoms with Gasteiger partial charge in [0, 0.05) is 24.8 Å². The standard InChI is InChI=1S/C20H18N4O3/c21-10-14-5-4-8-22-19(14)27-17-12-23(13-17)20(26)15-9-18(25)24(11-15)16-6-2-1-3-7-16/h1-8,15,17H,9,11-13H2. The smallest absolute Gasteiger partial charge is 0.232 e. The molecule has 1 aromatic carbocycles. The van der Waals surface area contributed by atoms with Crippen molar-refractivity contribution in [2.75, 3.05) is 24.5 Å². The molecule has 7 nitrogen and oxygen atoms in total. The van der Waals surface area contributed by atoms with Crippen molar-refractivity contribution < 1.29 is 14.3 Å². The van der Waals surface area contributed by atoms with Gasteiger partial charge in [-0.15, -0.1) is 0 Å². The zero-order valence-corrected chi connectivity index (χ0v) is 14.6. The van der Waals surface area contributed by atoms with Crippen LogP contribution in [0.3, 0.4) is 0 Å². The van der Waals surface area contributed by atoms with Gasteiger partial charge in [-0.1, -0.05) is 18.2 Å². The molecule has 0 radical (unpaired) electrons. The van der Waals surface area contributed by atoms with Gasteiger partial charge in [-0.05, 0) is 24.3 Å². The zero-order chi connectivity index (χ0) is 18.8. The Hall–Kier alpha value is -3.40. The Labute approximate surface area is 156 Å². The van der Waals surface area contributed by atoms with Gasteiger partial charge in [0.05, 0.1) is 19.0 Å². The summed E-state index contributed by atoms with van der Waals surface area (Å²) in [6, 6.07) is 14.8. The quantitative estimate of drug-likeness (QED) is 0.824. The van der Waals surface area contributed by atoms with Crippen molar-refractivity contribution in [1.82, 2.24) is 9.88 Å². The van der Waals surface area contributed by atoms with Gasteiger partial charge in [-0.2, -0.15) is 5.26 Å². The third-order valence-corrected chi connectivity index (χ3v) is 4.87. The minimum atomic E-state index is -0.330. The lowest BCUT2D eigenvalue weighted by Gasteiger charge is -2.39. The average Bonchev–Trinajstić information content (AvgIpc) is 3.06. The predicted molar refractivity (Wildman–Crippen MR) is 96.9 cm³/mol. The van der Waals surface area contributed by atoms with E-state index in [2.05, 4.69) is 4.98 Å². The molecule has 2 amide bonds. The SMILES string of the molecule is N#Cc1cccnc1OC1CN(C(=O)C2CC(=O)N(c3ccccc3)C2)C1. The summed E-state index contributed by atoms with van der Waals surface area (Å²) < 4.78 is 5.72. The van der Waals surface area contributed by atoms with Crippen LogP contribution in [-0.2, 0) is 9.59 Å². The van der Waals surface area contributed by atoms with Gasteiger partial charge in [0.15, 0.2) is 0 Å². The topological polar surface area (TPSA) is 86.5 Å². The first-order chi connectivity index (χ1) is 13.2. The maximum Gasteiger partial charge on any atom is 0.232 e. The van der Waals surface area contributed by atoms with E-state index in [1.807, 2.05) is 36.4 Å². The molecular formula is C20H18N4O3. The zero-order valence-electron chi connectivity index (χ0n) is 14.6. The van der Waals surface area contributed by atoms with Gasteiger partial charge >= 0.3 is 0 Å². The normalized spacial score (nSPS) is 19.5. The molecule has 136 valence electrons. The second-order valence-corrected chi connectivity index (χ2v) is 6.69. The number of carbonyl (C=O) groups excluding carboxylic acids is 2. The largest absolute Gasteiger partial charge is 0.470 e. The highest BCUT2D eigenvalue weighted by Gasteiger charge is 2.41. The van der Waals surface area contributed by atoms with Gasteiger partial charge in [0.2, 0.25) is 17.7 Å². The minimum Gasteiger partial charge on any atom is -0.470 e. The van der Waals surface area contributed by atoms with Gasteiger partial charge in [-0.25, -0.2) is 4.98 Å². The number of rotatable bonds is 4. The van der Waals surface area contributed by atoms with Crippen molar-refractivity contribution >= 4 is 17.5 Å². The highest BCUT2D eigenvalue weighted by molar-refractivity contribution is 6.00. The molecule has 0 bridgehead atoms. The van der Waals surface area contributed by atoms with Crippen molar-refractivity contribution in [2.45, 2.75) is 12.5 Å². The highest BCUT2D eigenvalue weighted by atomic mass is 16.5. The third-order valence-electron chi connectivity index (χ3n) is 4.87. The summed E-state index contributed by atoms with van der Waals surface area (Å²) in [5.41, 5.74) is 1.20. The number of benzene rings is 1. The fraction of sp³-hybridized carbons (Fsp3) is 0.300. The monoisotopic (exact) mass is 362 g/mol. The van der Waals surface area contributed by atoms with Gasteiger partial charge in [0.1, 0.15) is 17.7 Å². The van der Waals surface area contributed by atoms with Crippen LogP contribution in [0.15, 0.2) is 48.7 Å². The first-order valence-electron chi connectivity index (χ1n) is 8.81. The number of hydrogen-bond acceptors (Lipinski definition) is 5. The molecule has 1 atom stereocenters. The molecule has 1 aromatic heterocycles. The molecule has 7 heteroatoms. The Bertz CT molecular complexity index is 903. The minimum absolute atomic E-state index is 0.0249. The molecule has 2 fully saturated rings. The Morgan fingerprint density at radius 1 is 1.15 bits per heavy atom. The Balaban J connectivity index is 1.33. The lowest BCUT2D eigenvalue weighted by Crippen LogP contribution is -2.58. The Morgan fingerprint density at radius 3 is 2.67 bits per heavy atom. The summed E-state index contributed by atoms with van der Waals surface area (Å²) in [5.74, 6) is -0.0882. The summed E-state index contributed by atoms with van der Waals surface area (Å²) in [6.45, 7) is 1.29. The van der Waals surface area contributed by atoms with Crippen LogP contribution >= 0.6 is 0 Å². The highest BCUT2D eigenvalue weighted by Crippen LogP contribution is 2.28. The van der Waals surface area contributed by atoms with Crippen LogP contribution in [-0.4, -0.2) is 47.4 Å². The maximum atomic E-state index is 12.7. The molecule has 4 rings (SSSR count). The summed E-state index contributed by atoms with van der Waals surface area (Å²) in [6.07, 6.45) is 1.62. The maximum absolute atomic E-state index is 12.7. The van der Waals surface area contributed by atoms with Crippen molar-refractivity contribution in [2.24, 2.45) is 5.92 Å². The molecule has 2 aliphatic heterocycles. The lowest BCUT2D eigenvalue weighted by molar-refractivity contribution is -0.144. The van der Waals surface area contributed by atoms with Crippen molar-refractivity contribution in [3.8, 4) is 11.9 Å². The number of nitrogens with zero attached hydrogens (tertiary/aromatic N) is 4. The number of carbonyl (C=O) groups is 2. The van der Waals surface area contributed by atoms with Crippen LogP contribution in [0, 0.1) is 17.2 Å². The first-order valence-corrected chi connectivity index (χ1v) is 8.81. The number of amides is 2. The lowest BCUT2D eigenvalue weighted by atomic mass is 10.0. The Kier molecular flexibility index (Phi) is 4.47. The van der Waals surface area contributed by atoms with Crippen LogP contribution in [0.4, 0.5) is 5.69 Å². The number of pyridine rings is 1. The van der Waals surface area contributed by atoms with E-state index in [4.69, 9.17) is 10.00 Å². The van der Waals surface area contributed by atoms with Crippen LogP contribution in [0.1, 0.15) is 12.0 Å². The van der Waals surface area contributed by atoms with Crippen molar-refractivity contribution in [1.29, 1.82) is 5.26 Å². The molecule has 27 heavy (non-hydrogen) atoms. The van der Waals surface area contributed by atoms with E-state index in [1.54, 1.807) is 28.1 Å². The van der Waals surface area contributed by atoms with E-state index < -0.39 is 0 Å². The second kappa shape index (κ2) is 7.08. The van der Waals surface area contributed by atoms with E-state index in [0.717, 1.165) is 5.69 Å². The second-order valence-electron chi connectivity index (χ2n) is 6.69. The molecule has 0 aliphatic carbocycles. The molecule has 3 heterocycles. The van der Waals surface area contributed by atoms with Crippen LogP contribution in [0.25, 0.3) is 0 Å². The van der Waals surface area contributed by atoms with E-state index in [1.165, 1.54) is 0 Å². The van der Waals surface area contributed by atoms with E-state index in [9.17, 15) is 9.59 Å². The summed E-state index contributed by atoms with van der Waals surface area (Å²) in [7, 11) is 0.